The van der Waals surface area contributed by atoms with Crippen molar-refractivity contribution in [1.29, 1.82) is 0 Å². The molecule has 1 aromatic heterocycles. The van der Waals surface area contributed by atoms with E-state index in [0.717, 1.165) is 28.6 Å². The van der Waals surface area contributed by atoms with Crippen LogP contribution in [0.5, 0.6) is 0 Å². The average molecular weight is 306 g/mol. The van der Waals surface area contributed by atoms with E-state index in [0.29, 0.717) is 13.0 Å². The van der Waals surface area contributed by atoms with E-state index >= 15 is 0 Å². The maximum Gasteiger partial charge on any atom is 0.224 e. The molecular formula is C20H22N2O. The topological polar surface area (TPSA) is 44.9 Å². The van der Waals surface area contributed by atoms with Crippen molar-refractivity contribution < 1.29 is 4.79 Å². The molecule has 0 spiro atoms. The first-order chi connectivity index (χ1) is 11.1. The zero-order valence-electron chi connectivity index (χ0n) is 13.6. The second kappa shape index (κ2) is 6.69. The number of nitrogens with one attached hydrogen (secondary N) is 2. The lowest BCUT2D eigenvalue weighted by atomic mass is 10.1. The second-order valence-corrected chi connectivity index (χ2v) is 6.04. The zero-order chi connectivity index (χ0) is 16.2. The molecule has 0 atom stereocenters. The molecule has 0 saturated heterocycles. The van der Waals surface area contributed by atoms with Crippen molar-refractivity contribution in [1.82, 2.24) is 10.3 Å². The van der Waals surface area contributed by atoms with Crippen molar-refractivity contribution in [2.24, 2.45) is 0 Å². The Morgan fingerprint density at radius 2 is 1.87 bits per heavy atom. The highest BCUT2D eigenvalue weighted by Gasteiger charge is 2.12. The number of fused-ring (bicyclic) bond motifs is 1. The van der Waals surface area contributed by atoms with Gasteiger partial charge in [-0.2, -0.15) is 0 Å². The Bertz CT molecular complexity index is 818. The average Bonchev–Trinajstić information content (AvgIpc) is 2.84. The van der Waals surface area contributed by atoms with E-state index in [9.17, 15) is 4.79 Å². The molecule has 2 aromatic carbocycles. The summed E-state index contributed by atoms with van der Waals surface area (Å²) in [5.41, 5.74) is 5.72. The van der Waals surface area contributed by atoms with Gasteiger partial charge >= 0.3 is 0 Å². The number of aryl methyl sites for hydroxylation is 2. The van der Waals surface area contributed by atoms with Crippen LogP contribution in [0.15, 0.2) is 48.5 Å². The maximum atomic E-state index is 12.3. The summed E-state index contributed by atoms with van der Waals surface area (Å²) in [5, 5.41) is 4.18. The molecule has 0 bridgehead atoms. The molecule has 0 saturated carbocycles. The van der Waals surface area contributed by atoms with Crippen molar-refractivity contribution in [2.45, 2.75) is 26.7 Å². The third kappa shape index (κ3) is 3.62. The molecule has 3 aromatic rings. The minimum absolute atomic E-state index is 0.0754. The van der Waals surface area contributed by atoms with Crippen LogP contribution in [-0.4, -0.2) is 17.4 Å². The largest absolute Gasteiger partial charge is 0.358 e. The van der Waals surface area contributed by atoms with Crippen molar-refractivity contribution in [3.05, 3.63) is 70.9 Å². The minimum Gasteiger partial charge on any atom is -0.358 e. The third-order valence-electron chi connectivity index (χ3n) is 4.19. The summed E-state index contributed by atoms with van der Waals surface area (Å²) in [4.78, 5) is 15.6. The Kier molecular flexibility index (Phi) is 4.47. The molecule has 0 aliphatic rings. The van der Waals surface area contributed by atoms with Crippen LogP contribution in [-0.2, 0) is 17.6 Å². The van der Waals surface area contributed by atoms with Crippen LogP contribution >= 0.6 is 0 Å². The summed E-state index contributed by atoms with van der Waals surface area (Å²) in [6, 6.07) is 16.5. The van der Waals surface area contributed by atoms with Crippen LogP contribution in [0.2, 0.25) is 0 Å². The first-order valence-electron chi connectivity index (χ1n) is 8.02. The van der Waals surface area contributed by atoms with Gasteiger partial charge in [0.15, 0.2) is 0 Å². The van der Waals surface area contributed by atoms with Gasteiger partial charge in [0.25, 0.3) is 0 Å². The monoisotopic (exact) mass is 306 g/mol. The number of carbonyl (C=O) groups excluding carboxylic acids is 1. The van der Waals surface area contributed by atoms with Gasteiger partial charge in [-0.25, -0.2) is 0 Å². The second-order valence-electron chi connectivity index (χ2n) is 6.04. The van der Waals surface area contributed by atoms with Gasteiger partial charge < -0.3 is 10.3 Å². The fourth-order valence-electron chi connectivity index (χ4n) is 2.94. The molecule has 3 heteroatoms. The molecule has 0 unspecified atom stereocenters. The fourth-order valence-corrected chi connectivity index (χ4v) is 2.94. The number of H-pyrrole nitrogens is 1. The lowest BCUT2D eigenvalue weighted by molar-refractivity contribution is -0.120. The van der Waals surface area contributed by atoms with Crippen LogP contribution < -0.4 is 5.32 Å². The number of aromatic amines is 1. The summed E-state index contributed by atoms with van der Waals surface area (Å²) in [7, 11) is 0. The van der Waals surface area contributed by atoms with Crippen molar-refractivity contribution in [2.75, 3.05) is 6.54 Å². The molecule has 0 aliphatic carbocycles. The first-order valence-corrected chi connectivity index (χ1v) is 8.02. The van der Waals surface area contributed by atoms with Crippen LogP contribution in [0.3, 0.4) is 0 Å². The van der Waals surface area contributed by atoms with Crippen LogP contribution in [0.1, 0.15) is 22.4 Å². The highest BCUT2D eigenvalue weighted by molar-refractivity contribution is 5.90. The molecule has 0 aliphatic heterocycles. The summed E-state index contributed by atoms with van der Waals surface area (Å²) in [5.74, 6) is 0.0754. The third-order valence-corrected chi connectivity index (χ3v) is 4.19. The van der Waals surface area contributed by atoms with Gasteiger partial charge in [0.1, 0.15) is 0 Å². The highest BCUT2D eigenvalue weighted by Crippen LogP contribution is 2.23. The lowest BCUT2D eigenvalue weighted by Gasteiger charge is -2.06. The van der Waals surface area contributed by atoms with Gasteiger partial charge in [0, 0.05) is 23.1 Å². The van der Waals surface area contributed by atoms with Crippen LogP contribution in [0.4, 0.5) is 0 Å². The Balaban J connectivity index is 1.64. The molecule has 23 heavy (non-hydrogen) atoms. The molecule has 1 amide bonds. The predicted molar refractivity (Wildman–Crippen MR) is 94.6 cm³/mol. The molecule has 2 N–H and O–H groups in total. The molecule has 0 radical (unpaired) electrons. The molecule has 3 nitrogen and oxygen atoms in total. The number of hydrogen-bond acceptors (Lipinski definition) is 1. The van der Waals surface area contributed by atoms with Crippen molar-refractivity contribution in [3.63, 3.8) is 0 Å². The van der Waals surface area contributed by atoms with Crippen molar-refractivity contribution >= 4 is 16.8 Å². The van der Waals surface area contributed by atoms with Gasteiger partial charge in [-0.3, -0.25) is 4.79 Å². The normalized spacial score (nSPS) is 10.9. The first kappa shape index (κ1) is 15.3. The zero-order valence-corrected chi connectivity index (χ0v) is 13.6. The smallest absolute Gasteiger partial charge is 0.224 e. The predicted octanol–water partition coefficient (Wildman–Crippen LogP) is 3.69. The summed E-state index contributed by atoms with van der Waals surface area (Å²) in [6.45, 7) is 4.77. The fraction of sp³-hybridized carbons (Fsp3) is 0.250. The maximum absolute atomic E-state index is 12.3. The van der Waals surface area contributed by atoms with Gasteiger partial charge in [0.2, 0.25) is 5.91 Å². The van der Waals surface area contributed by atoms with Gasteiger partial charge in [0.05, 0.1) is 6.42 Å². The van der Waals surface area contributed by atoms with E-state index < -0.39 is 0 Å². The highest BCUT2D eigenvalue weighted by atomic mass is 16.1. The van der Waals surface area contributed by atoms with E-state index in [1.54, 1.807) is 0 Å². The van der Waals surface area contributed by atoms with Gasteiger partial charge in [-0.1, -0.05) is 42.0 Å². The minimum atomic E-state index is 0.0754. The Morgan fingerprint density at radius 3 is 2.65 bits per heavy atom. The van der Waals surface area contributed by atoms with Gasteiger partial charge in [-0.05, 0) is 43.5 Å². The molecule has 3 rings (SSSR count). The Hall–Kier alpha value is -2.55. The number of benzene rings is 2. The number of carbonyl (C=O) groups is 1. The van der Waals surface area contributed by atoms with E-state index in [1.807, 2.05) is 25.1 Å². The van der Waals surface area contributed by atoms with E-state index in [2.05, 4.69) is 47.6 Å². The SMILES string of the molecule is Cc1ccc2[nH]c(C)c(CC(=O)NCCc3ccccc3)c2c1. The number of amides is 1. The summed E-state index contributed by atoms with van der Waals surface area (Å²) in [6.07, 6.45) is 1.28. The van der Waals surface area contributed by atoms with Crippen LogP contribution in [0.25, 0.3) is 10.9 Å². The number of aromatic nitrogens is 1. The molecule has 1 heterocycles. The molecular weight excluding hydrogens is 284 g/mol. The molecule has 118 valence electrons. The quantitative estimate of drug-likeness (QED) is 0.742. The van der Waals surface area contributed by atoms with E-state index in [-0.39, 0.29) is 5.91 Å². The Morgan fingerprint density at radius 1 is 1.09 bits per heavy atom. The van der Waals surface area contributed by atoms with E-state index in [4.69, 9.17) is 0 Å². The van der Waals surface area contributed by atoms with E-state index in [1.165, 1.54) is 11.1 Å². The number of hydrogen-bond donors (Lipinski definition) is 2. The van der Waals surface area contributed by atoms with Crippen molar-refractivity contribution in [3.8, 4) is 0 Å². The standard InChI is InChI=1S/C20H22N2O/c1-14-8-9-19-18(12-14)17(15(2)22-19)13-20(23)21-11-10-16-6-4-3-5-7-16/h3-9,12,22H,10-11,13H2,1-2H3,(H,21,23). The van der Waals surface area contributed by atoms with Crippen LogP contribution in [0, 0.1) is 13.8 Å². The van der Waals surface area contributed by atoms with Gasteiger partial charge in [-0.15, -0.1) is 0 Å². The summed E-state index contributed by atoms with van der Waals surface area (Å²) >= 11 is 0. The lowest BCUT2D eigenvalue weighted by Crippen LogP contribution is -2.27. The summed E-state index contributed by atoms with van der Waals surface area (Å²) < 4.78 is 0. The molecule has 0 fully saturated rings. The Labute approximate surface area is 136 Å². The number of rotatable bonds is 5.